The predicted molar refractivity (Wildman–Crippen MR) is 75.5 cm³/mol. The Bertz CT molecular complexity index is 222. The maximum atomic E-state index is 3.59. The molecule has 3 nitrogen and oxygen atoms in total. The van der Waals surface area contributed by atoms with Crippen molar-refractivity contribution in [3.63, 3.8) is 0 Å². The molecule has 0 saturated carbocycles. The molecule has 1 N–H and O–H groups in total. The molecular formula is C14H31N3. The summed E-state index contributed by atoms with van der Waals surface area (Å²) in [6.07, 6.45) is 0. The van der Waals surface area contributed by atoms with E-state index in [2.05, 4.69) is 56.8 Å². The van der Waals surface area contributed by atoms with Gasteiger partial charge < -0.3 is 15.1 Å². The minimum atomic E-state index is 0.240. The van der Waals surface area contributed by atoms with Gasteiger partial charge in [0.15, 0.2) is 0 Å². The molecule has 1 aliphatic rings. The molecule has 1 aliphatic heterocycles. The van der Waals surface area contributed by atoms with E-state index in [1.54, 1.807) is 0 Å². The quantitative estimate of drug-likeness (QED) is 0.807. The van der Waals surface area contributed by atoms with E-state index < -0.39 is 0 Å². The summed E-state index contributed by atoms with van der Waals surface area (Å²) in [6.45, 7) is 17.4. The first-order valence-corrected chi connectivity index (χ1v) is 6.95. The highest BCUT2D eigenvalue weighted by molar-refractivity contribution is 4.79. The number of hydrogen-bond donors (Lipinski definition) is 1. The second-order valence-electron chi connectivity index (χ2n) is 6.83. The SMILES string of the molecule is CC(CNC(C)(C)C)CN1CCN(C)C(C)C1. The van der Waals surface area contributed by atoms with Crippen LogP contribution in [0.3, 0.4) is 0 Å². The minimum absolute atomic E-state index is 0.240. The Morgan fingerprint density at radius 3 is 2.47 bits per heavy atom. The van der Waals surface area contributed by atoms with Crippen LogP contribution in [0.15, 0.2) is 0 Å². The molecule has 102 valence electrons. The van der Waals surface area contributed by atoms with Gasteiger partial charge in [-0.2, -0.15) is 0 Å². The molecule has 0 aromatic heterocycles. The van der Waals surface area contributed by atoms with Crippen LogP contribution in [-0.2, 0) is 0 Å². The van der Waals surface area contributed by atoms with Gasteiger partial charge in [0, 0.05) is 37.8 Å². The van der Waals surface area contributed by atoms with Crippen LogP contribution in [0.5, 0.6) is 0 Å². The number of rotatable bonds is 4. The Morgan fingerprint density at radius 1 is 1.29 bits per heavy atom. The third-order valence-corrected chi connectivity index (χ3v) is 3.59. The van der Waals surface area contributed by atoms with E-state index in [1.807, 2.05) is 0 Å². The molecule has 3 heteroatoms. The lowest BCUT2D eigenvalue weighted by Gasteiger charge is -2.39. The Morgan fingerprint density at radius 2 is 1.94 bits per heavy atom. The fourth-order valence-electron chi connectivity index (χ4n) is 2.28. The van der Waals surface area contributed by atoms with Crippen molar-refractivity contribution >= 4 is 0 Å². The Kier molecular flexibility index (Phi) is 5.42. The van der Waals surface area contributed by atoms with Crippen LogP contribution in [0, 0.1) is 5.92 Å². The molecule has 1 saturated heterocycles. The first-order valence-electron chi connectivity index (χ1n) is 6.95. The smallest absolute Gasteiger partial charge is 0.0192 e. The van der Waals surface area contributed by atoms with Gasteiger partial charge in [-0.15, -0.1) is 0 Å². The number of hydrogen-bond acceptors (Lipinski definition) is 3. The van der Waals surface area contributed by atoms with E-state index in [0.717, 1.165) is 12.5 Å². The third-order valence-electron chi connectivity index (χ3n) is 3.59. The molecule has 2 atom stereocenters. The van der Waals surface area contributed by atoms with Crippen molar-refractivity contribution in [2.24, 2.45) is 5.92 Å². The standard InChI is InChI=1S/C14H31N3/c1-12(9-15-14(3,4)5)10-17-8-7-16(6)13(2)11-17/h12-13,15H,7-11H2,1-6H3. The molecule has 0 bridgehead atoms. The summed E-state index contributed by atoms with van der Waals surface area (Å²) in [5.41, 5.74) is 0.240. The molecule has 0 radical (unpaired) electrons. The summed E-state index contributed by atoms with van der Waals surface area (Å²) < 4.78 is 0. The van der Waals surface area contributed by atoms with Gasteiger partial charge in [-0.25, -0.2) is 0 Å². The highest BCUT2D eigenvalue weighted by atomic mass is 15.3. The lowest BCUT2D eigenvalue weighted by atomic mass is 10.1. The van der Waals surface area contributed by atoms with E-state index >= 15 is 0 Å². The van der Waals surface area contributed by atoms with E-state index in [0.29, 0.717) is 6.04 Å². The van der Waals surface area contributed by atoms with Crippen LogP contribution in [0.2, 0.25) is 0 Å². The van der Waals surface area contributed by atoms with Gasteiger partial charge in [-0.3, -0.25) is 0 Å². The number of nitrogens with one attached hydrogen (secondary N) is 1. The molecular weight excluding hydrogens is 210 g/mol. The van der Waals surface area contributed by atoms with E-state index in [9.17, 15) is 0 Å². The minimum Gasteiger partial charge on any atom is -0.312 e. The zero-order valence-corrected chi connectivity index (χ0v) is 12.6. The Balaban J connectivity index is 2.25. The van der Waals surface area contributed by atoms with E-state index in [4.69, 9.17) is 0 Å². The zero-order valence-electron chi connectivity index (χ0n) is 12.6. The van der Waals surface area contributed by atoms with Crippen molar-refractivity contribution < 1.29 is 0 Å². The summed E-state index contributed by atoms with van der Waals surface area (Å²) in [7, 11) is 2.23. The third kappa shape index (κ3) is 5.84. The maximum absolute atomic E-state index is 3.59. The molecule has 0 aromatic rings. The first-order chi connectivity index (χ1) is 7.78. The van der Waals surface area contributed by atoms with Crippen molar-refractivity contribution in [3.05, 3.63) is 0 Å². The molecule has 1 rings (SSSR count). The molecule has 1 fully saturated rings. The molecule has 0 spiro atoms. The second kappa shape index (κ2) is 6.17. The van der Waals surface area contributed by atoms with E-state index in [-0.39, 0.29) is 5.54 Å². The average Bonchev–Trinajstić information content (AvgIpc) is 2.20. The average molecular weight is 241 g/mol. The highest BCUT2D eigenvalue weighted by Crippen LogP contribution is 2.10. The van der Waals surface area contributed by atoms with Gasteiger partial charge >= 0.3 is 0 Å². The normalized spacial score (nSPS) is 26.1. The predicted octanol–water partition coefficient (Wildman–Crippen LogP) is 1.65. The van der Waals surface area contributed by atoms with Crippen molar-refractivity contribution in [1.82, 2.24) is 15.1 Å². The fourth-order valence-corrected chi connectivity index (χ4v) is 2.28. The summed E-state index contributed by atoms with van der Waals surface area (Å²) in [5, 5.41) is 3.59. The maximum Gasteiger partial charge on any atom is 0.0192 e. The van der Waals surface area contributed by atoms with Crippen molar-refractivity contribution in [2.75, 3.05) is 39.8 Å². The largest absolute Gasteiger partial charge is 0.312 e. The van der Waals surface area contributed by atoms with Gasteiger partial charge in [-0.1, -0.05) is 6.92 Å². The van der Waals surface area contributed by atoms with Gasteiger partial charge in [0.05, 0.1) is 0 Å². The number of piperazine rings is 1. The van der Waals surface area contributed by atoms with Crippen LogP contribution >= 0.6 is 0 Å². The van der Waals surface area contributed by atoms with Gasteiger partial charge in [0.2, 0.25) is 0 Å². The molecule has 0 aromatic carbocycles. The molecule has 17 heavy (non-hydrogen) atoms. The second-order valence-corrected chi connectivity index (χ2v) is 6.83. The topological polar surface area (TPSA) is 18.5 Å². The van der Waals surface area contributed by atoms with Crippen LogP contribution in [-0.4, -0.2) is 61.2 Å². The summed E-state index contributed by atoms with van der Waals surface area (Å²) in [4.78, 5) is 5.06. The van der Waals surface area contributed by atoms with E-state index in [1.165, 1.54) is 26.2 Å². The zero-order chi connectivity index (χ0) is 13.1. The monoisotopic (exact) mass is 241 g/mol. The van der Waals surface area contributed by atoms with Gasteiger partial charge in [0.25, 0.3) is 0 Å². The molecule has 2 unspecified atom stereocenters. The summed E-state index contributed by atoms with van der Waals surface area (Å²) in [5.74, 6) is 0.727. The van der Waals surface area contributed by atoms with Crippen LogP contribution in [0.25, 0.3) is 0 Å². The van der Waals surface area contributed by atoms with Crippen molar-refractivity contribution in [2.45, 2.75) is 46.2 Å². The molecule has 1 heterocycles. The Hall–Kier alpha value is -0.120. The lowest BCUT2D eigenvalue weighted by molar-refractivity contribution is 0.0932. The lowest BCUT2D eigenvalue weighted by Crippen LogP contribution is -2.51. The van der Waals surface area contributed by atoms with Gasteiger partial charge in [0.1, 0.15) is 0 Å². The summed E-state index contributed by atoms with van der Waals surface area (Å²) >= 11 is 0. The first kappa shape index (κ1) is 14.9. The molecule has 0 aliphatic carbocycles. The van der Waals surface area contributed by atoms with Crippen molar-refractivity contribution in [3.8, 4) is 0 Å². The van der Waals surface area contributed by atoms with Crippen LogP contribution in [0.1, 0.15) is 34.6 Å². The van der Waals surface area contributed by atoms with Gasteiger partial charge in [-0.05, 0) is 47.2 Å². The summed E-state index contributed by atoms with van der Waals surface area (Å²) in [6, 6.07) is 0.700. The van der Waals surface area contributed by atoms with Crippen molar-refractivity contribution in [1.29, 1.82) is 0 Å². The number of nitrogens with zero attached hydrogens (tertiary/aromatic N) is 2. The van der Waals surface area contributed by atoms with Crippen LogP contribution < -0.4 is 5.32 Å². The highest BCUT2D eigenvalue weighted by Gasteiger charge is 2.22. The molecule has 0 amide bonds. The number of likely N-dealkylation sites (N-methyl/N-ethyl adjacent to an activating group) is 1. The Labute approximate surface area is 108 Å². The fraction of sp³-hybridized carbons (Fsp3) is 1.00. The van der Waals surface area contributed by atoms with Crippen LogP contribution in [0.4, 0.5) is 0 Å².